The molecule has 0 aliphatic rings. The number of nitrogens with zero attached hydrogens (tertiary/aromatic N) is 2. The summed E-state index contributed by atoms with van der Waals surface area (Å²) in [5.41, 5.74) is 0. The molecular weight excluding hydrogens is 139 g/mol. The fourth-order valence-electron chi connectivity index (χ4n) is 0.409. The zero-order valence-corrected chi connectivity index (χ0v) is 5.44. The molecule has 0 saturated heterocycles. The normalized spacial score (nSPS) is 9.44. The van der Waals surface area contributed by atoms with E-state index in [1.54, 1.807) is 18.5 Å². The van der Waals surface area contributed by atoms with Crippen molar-refractivity contribution < 1.29 is 4.39 Å². The minimum absolute atomic E-state index is 0.468. The Labute approximate surface area is 56.5 Å². The second-order valence-electron chi connectivity index (χ2n) is 1.28. The molecule has 4 heteroatoms. The van der Waals surface area contributed by atoms with Crippen LogP contribution in [0, 0.1) is 0 Å². The fourth-order valence-corrected chi connectivity index (χ4v) is 0.777. The van der Waals surface area contributed by atoms with Gasteiger partial charge in [-0.15, -0.1) is 0 Å². The quantitative estimate of drug-likeness (QED) is 0.464. The van der Waals surface area contributed by atoms with Gasteiger partial charge in [0.05, 0.1) is 0 Å². The summed E-state index contributed by atoms with van der Waals surface area (Å²) in [7, 11) is 0. The summed E-state index contributed by atoms with van der Waals surface area (Å²) < 4.78 is 11.6. The second kappa shape index (κ2) is 3.40. The Bertz CT molecular complexity index is 168. The highest BCUT2D eigenvalue weighted by atomic mass is 32.2. The number of hydrogen-bond donors (Lipinski definition) is 0. The van der Waals surface area contributed by atoms with Crippen LogP contribution < -0.4 is 0 Å². The van der Waals surface area contributed by atoms with Gasteiger partial charge in [0.2, 0.25) is 0 Å². The van der Waals surface area contributed by atoms with E-state index >= 15 is 0 Å². The molecule has 48 valence electrons. The van der Waals surface area contributed by atoms with Gasteiger partial charge < -0.3 is 0 Å². The zero-order chi connectivity index (χ0) is 6.53. The maximum atomic E-state index is 11.6. The molecule has 0 N–H and O–H groups in total. The summed E-state index contributed by atoms with van der Waals surface area (Å²) in [6.07, 6.45) is 3.18. The third kappa shape index (κ3) is 1.97. The molecule has 0 unspecified atom stereocenters. The molecule has 0 fully saturated rings. The first-order valence-electron chi connectivity index (χ1n) is 2.39. The van der Waals surface area contributed by atoms with E-state index in [-0.39, 0.29) is 0 Å². The maximum absolute atomic E-state index is 11.6. The Morgan fingerprint density at radius 3 is 2.67 bits per heavy atom. The number of alkyl halides is 1. The molecule has 1 aromatic rings. The first-order valence-corrected chi connectivity index (χ1v) is 3.38. The third-order valence-electron chi connectivity index (χ3n) is 0.726. The van der Waals surface area contributed by atoms with Crippen molar-refractivity contribution in [3.05, 3.63) is 18.5 Å². The molecule has 0 aliphatic heterocycles. The first kappa shape index (κ1) is 6.48. The Hall–Kier alpha value is -0.640. The molecule has 1 rings (SSSR count). The van der Waals surface area contributed by atoms with Crippen molar-refractivity contribution in [2.75, 3.05) is 6.01 Å². The van der Waals surface area contributed by atoms with Crippen molar-refractivity contribution in [3.63, 3.8) is 0 Å². The molecule has 2 nitrogen and oxygen atoms in total. The lowest BCUT2D eigenvalue weighted by atomic mass is 10.7. The van der Waals surface area contributed by atoms with Gasteiger partial charge in [-0.05, 0) is 6.07 Å². The minimum atomic E-state index is -0.468. The lowest BCUT2D eigenvalue weighted by molar-refractivity contribution is 0.604. The van der Waals surface area contributed by atoms with E-state index in [0.717, 1.165) is 11.8 Å². The Kier molecular flexibility index (Phi) is 2.45. The lowest BCUT2D eigenvalue weighted by Gasteiger charge is -1.89. The SMILES string of the molecule is FCSc1ncccn1. The molecule has 0 bridgehead atoms. The summed E-state index contributed by atoms with van der Waals surface area (Å²) in [5, 5.41) is 0.486. The van der Waals surface area contributed by atoms with Gasteiger partial charge >= 0.3 is 0 Å². The van der Waals surface area contributed by atoms with Gasteiger partial charge in [-0.1, -0.05) is 11.8 Å². The summed E-state index contributed by atoms with van der Waals surface area (Å²) in [6.45, 7) is 0. The smallest absolute Gasteiger partial charge is 0.190 e. The molecule has 9 heavy (non-hydrogen) atoms. The molecule has 0 saturated carbocycles. The number of aromatic nitrogens is 2. The number of hydrogen-bond acceptors (Lipinski definition) is 3. The predicted octanol–water partition coefficient (Wildman–Crippen LogP) is 1.50. The highest BCUT2D eigenvalue weighted by Crippen LogP contribution is 2.09. The van der Waals surface area contributed by atoms with Crippen LogP contribution in [0.5, 0.6) is 0 Å². The number of halogens is 1. The summed E-state index contributed by atoms with van der Waals surface area (Å²) in [6, 6.07) is 1.23. The van der Waals surface area contributed by atoms with E-state index in [0.29, 0.717) is 5.16 Å². The van der Waals surface area contributed by atoms with Crippen LogP contribution in [0.2, 0.25) is 0 Å². The highest BCUT2D eigenvalue weighted by Gasteiger charge is 1.90. The number of thioether (sulfide) groups is 1. The second-order valence-corrected chi connectivity index (χ2v) is 2.16. The van der Waals surface area contributed by atoms with E-state index in [9.17, 15) is 4.39 Å². The van der Waals surface area contributed by atoms with Gasteiger partial charge in [0.1, 0.15) is 6.01 Å². The van der Waals surface area contributed by atoms with Crippen molar-refractivity contribution in [1.29, 1.82) is 0 Å². The van der Waals surface area contributed by atoms with Crippen LogP contribution in [0.3, 0.4) is 0 Å². The molecule has 1 aromatic heterocycles. The third-order valence-corrected chi connectivity index (χ3v) is 1.30. The molecule has 0 spiro atoms. The Balaban J connectivity index is 2.61. The van der Waals surface area contributed by atoms with Gasteiger partial charge in [-0.3, -0.25) is 0 Å². The van der Waals surface area contributed by atoms with Crippen LogP contribution in [0.1, 0.15) is 0 Å². The van der Waals surface area contributed by atoms with Crippen LogP contribution in [-0.2, 0) is 0 Å². The average molecular weight is 144 g/mol. The molecule has 1 heterocycles. The Morgan fingerprint density at radius 1 is 1.44 bits per heavy atom. The maximum Gasteiger partial charge on any atom is 0.190 e. The highest BCUT2D eigenvalue weighted by molar-refractivity contribution is 7.98. The van der Waals surface area contributed by atoms with E-state index in [1.807, 2.05) is 0 Å². The van der Waals surface area contributed by atoms with E-state index in [2.05, 4.69) is 9.97 Å². The van der Waals surface area contributed by atoms with Crippen LogP contribution in [0.15, 0.2) is 23.6 Å². The van der Waals surface area contributed by atoms with E-state index in [1.165, 1.54) is 0 Å². The fraction of sp³-hybridized carbons (Fsp3) is 0.200. The molecule has 0 aromatic carbocycles. The standard InChI is InChI=1S/C5H5FN2S/c6-4-9-5-7-2-1-3-8-5/h1-3H,4H2. The van der Waals surface area contributed by atoms with E-state index < -0.39 is 6.01 Å². The first-order chi connectivity index (χ1) is 4.43. The summed E-state index contributed by atoms with van der Waals surface area (Å²) in [5.74, 6) is 0. The van der Waals surface area contributed by atoms with Crippen LogP contribution in [0.25, 0.3) is 0 Å². The van der Waals surface area contributed by atoms with Gasteiger partial charge in [0, 0.05) is 12.4 Å². The Morgan fingerprint density at radius 2 is 2.11 bits per heavy atom. The summed E-state index contributed by atoms with van der Waals surface area (Å²) >= 11 is 0.986. The van der Waals surface area contributed by atoms with Crippen LogP contribution in [0.4, 0.5) is 4.39 Å². The number of rotatable bonds is 2. The summed E-state index contributed by atoms with van der Waals surface area (Å²) in [4.78, 5) is 7.56. The van der Waals surface area contributed by atoms with E-state index in [4.69, 9.17) is 0 Å². The van der Waals surface area contributed by atoms with Crippen molar-refractivity contribution in [1.82, 2.24) is 9.97 Å². The lowest BCUT2D eigenvalue weighted by Crippen LogP contribution is -1.81. The molecule has 0 amide bonds. The monoisotopic (exact) mass is 144 g/mol. The predicted molar refractivity (Wildman–Crippen MR) is 33.9 cm³/mol. The van der Waals surface area contributed by atoms with Gasteiger partial charge in [0.15, 0.2) is 5.16 Å². The molecular formula is C5H5FN2S. The van der Waals surface area contributed by atoms with Crippen LogP contribution in [-0.4, -0.2) is 16.0 Å². The minimum Gasteiger partial charge on any atom is -0.239 e. The van der Waals surface area contributed by atoms with Crippen molar-refractivity contribution in [3.8, 4) is 0 Å². The van der Waals surface area contributed by atoms with Gasteiger partial charge in [-0.2, -0.15) is 0 Å². The zero-order valence-electron chi connectivity index (χ0n) is 4.62. The van der Waals surface area contributed by atoms with Crippen molar-refractivity contribution in [2.45, 2.75) is 5.16 Å². The van der Waals surface area contributed by atoms with Crippen LogP contribution >= 0.6 is 11.8 Å². The largest absolute Gasteiger partial charge is 0.239 e. The topological polar surface area (TPSA) is 25.8 Å². The molecule has 0 aliphatic carbocycles. The molecule has 0 atom stereocenters. The van der Waals surface area contributed by atoms with Crippen molar-refractivity contribution >= 4 is 11.8 Å². The van der Waals surface area contributed by atoms with Gasteiger partial charge in [0.25, 0.3) is 0 Å². The van der Waals surface area contributed by atoms with Crippen molar-refractivity contribution in [2.24, 2.45) is 0 Å². The average Bonchev–Trinajstić information content (AvgIpc) is 1.91. The molecule has 0 radical (unpaired) electrons. The van der Waals surface area contributed by atoms with Gasteiger partial charge in [-0.25, -0.2) is 14.4 Å².